The molecule has 0 fully saturated rings. The van der Waals surface area contributed by atoms with Crippen LogP contribution in [0, 0.1) is 0 Å². The van der Waals surface area contributed by atoms with Crippen molar-refractivity contribution in [3.05, 3.63) is 58.1 Å². The van der Waals surface area contributed by atoms with Gasteiger partial charge in [-0.15, -0.1) is 0 Å². The fourth-order valence-corrected chi connectivity index (χ4v) is 3.48. The number of ether oxygens (including phenoxy) is 2. The van der Waals surface area contributed by atoms with E-state index < -0.39 is 6.04 Å². The molecule has 0 spiro atoms. The van der Waals surface area contributed by atoms with Crippen LogP contribution in [0.25, 0.3) is 0 Å². The van der Waals surface area contributed by atoms with Gasteiger partial charge in [-0.25, -0.2) is 0 Å². The maximum absolute atomic E-state index is 13.1. The van der Waals surface area contributed by atoms with Crippen LogP contribution in [0.4, 0.5) is 0 Å². The molecule has 8 heteroatoms. The smallest absolute Gasteiger partial charge is 0.261 e. The maximum atomic E-state index is 13.1. The second-order valence-electron chi connectivity index (χ2n) is 6.50. The molecule has 1 atom stereocenters. The lowest BCUT2D eigenvalue weighted by atomic mass is 10.1. The summed E-state index contributed by atoms with van der Waals surface area (Å²) in [6.45, 7) is 4.00. The number of nitrogens with one attached hydrogen (secondary N) is 1. The summed E-state index contributed by atoms with van der Waals surface area (Å²) < 4.78 is 10.8. The highest BCUT2D eigenvalue weighted by atomic mass is 35.5. The van der Waals surface area contributed by atoms with Crippen LogP contribution in [0.15, 0.2) is 42.5 Å². The first-order chi connectivity index (χ1) is 14.4. The SMILES string of the molecule is CCNC(=O)[C@H](CC)N(Cc1c(Cl)cccc1Cl)C(=O)COc1ccc(OC)cc1. The molecule has 0 heterocycles. The minimum absolute atomic E-state index is 0.0962. The van der Waals surface area contributed by atoms with Crippen LogP contribution >= 0.6 is 23.2 Å². The number of hydrogen-bond acceptors (Lipinski definition) is 4. The molecule has 6 nitrogen and oxygen atoms in total. The van der Waals surface area contributed by atoms with E-state index in [0.29, 0.717) is 40.1 Å². The Hall–Kier alpha value is -2.44. The molecule has 162 valence electrons. The zero-order chi connectivity index (χ0) is 22.1. The minimum atomic E-state index is -0.677. The van der Waals surface area contributed by atoms with Crippen molar-refractivity contribution in [2.45, 2.75) is 32.9 Å². The predicted octanol–water partition coefficient (Wildman–Crippen LogP) is 4.32. The van der Waals surface area contributed by atoms with Crippen molar-refractivity contribution in [1.29, 1.82) is 0 Å². The summed E-state index contributed by atoms with van der Waals surface area (Å²) in [4.78, 5) is 27.1. The number of halogens is 2. The number of hydrogen-bond donors (Lipinski definition) is 1. The number of nitrogens with zero attached hydrogens (tertiary/aromatic N) is 1. The van der Waals surface area contributed by atoms with Crippen molar-refractivity contribution in [2.24, 2.45) is 0 Å². The third-order valence-electron chi connectivity index (χ3n) is 4.55. The van der Waals surface area contributed by atoms with Gasteiger partial charge >= 0.3 is 0 Å². The summed E-state index contributed by atoms with van der Waals surface area (Å²) in [6.07, 6.45) is 0.433. The molecule has 2 amide bonds. The van der Waals surface area contributed by atoms with Gasteiger partial charge in [-0.3, -0.25) is 9.59 Å². The van der Waals surface area contributed by atoms with Gasteiger partial charge in [-0.2, -0.15) is 0 Å². The summed E-state index contributed by atoms with van der Waals surface area (Å²) >= 11 is 12.6. The highest BCUT2D eigenvalue weighted by Crippen LogP contribution is 2.27. The van der Waals surface area contributed by atoms with Gasteiger partial charge in [0, 0.05) is 28.7 Å². The van der Waals surface area contributed by atoms with Gasteiger partial charge in [0.25, 0.3) is 5.91 Å². The summed E-state index contributed by atoms with van der Waals surface area (Å²) in [5, 5.41) is 3.64. The molecule has 2 rings (SSSR count). The zero-order valence-electron chi connectivity index (χ0n) is 17.3. The molecule has 0 saturated carbocycles. The molecular formula is C22H26Cl2N2O4. The van der Waals surface area contributed by atoms with Crippen LogP contribution in [-0.2, 0) is 16.1 Å². The summed E-state index contributed by atoms with van der Waals surface area (Å²) in [7, 11) is 1.57. The molecule has 0 aliphatic heterocycles. The number of likely N-dealkylation sites (N-methyl/N-ethyl adjacent to an activating group) is 1. The molecule has 0 bridgehead atoms. The fraction of sp³-hybridized carbons (Fsp3) is 0.364. The van der Waals surface area contributed by atoms with Crippen LogP contribution in [0.2, 0.25) is 10.0 Å². The van der Waals surface area contributed by atoms with E-state index in [4.69, 9.17) is 32.7 Å². The van der Waals surface area contributed by atoms with Crippen molar-refractivity contribution in [3.63, 3.8) is 0 Å². The Labute approximate surface area is 187 Å². The molecular weight excluding hydrogens is 427 g/mol. The normalized spacial score (nSPS) is 11.5. The second-order valence-corrected chi connectivity index (χ2v) is 7.32. The Morgan fingerprint density at radius 2 is 1.63 bits per heavy atom. The topological polar surface area (TPSA) is 67.9 Å². The lowest BCUT2D eigenvalue weighted by Gasteiger charge is -2.31. The van der Waals surface area contributed by atoms with Gasteiger partial charge in [0.1, 0.15) is 17.5 Å². The van der Waals surface area contributed by atoms with E-state index in [0.717, 1.165) is 0 Å². The van der Waals surface area contributed by atoms with Crippen molar-refractivity contribution >= 4 is 35.0 Å². The van der Waals surface area contributed by atoms with Crippen molar-refractivity contribution < 1.29 is 19.1 Å². The van der Waals surface area contributed by atoms with Crippen molar-refractivity contribution in [1.82, 2.24) is 10.2 Å². The molecule has 2 aromatic carbocycles. The van der Waals surface area contributed by atoms with Crippen LogP contribution in [-0.4, -0.2) is 43.0 Å². The van der Waals surface area contributed by atoms with Crippen LogP contribution < -0.4 is 14.8 Å². The average molecular weight is 453 g/mol. The van der Waals surface area contributed by atoms with Gasteiger partial charge in [0.15, 0.2) is 6.61 Å². The lowest BCUT2D eigenvalue weighted by molar-refractivity contribution is -0.142. The number of methoxy groups -OCH3 is 1. The number of amides is 2. The fourth-order valence-electron chi connectivity index (χ4n) is 2.97. The largest absolute Gasteiger partial charge is 0.497 e. The van der Waals surface area contributed by atoms with Gasteiger partial charge in [-0.1, -0.05) is 36.2 Å². The third-order valence-corrected chi connectivity index (χ3v) is 5.26. The highest BCUT2D eigenvalue weighted by molar-refractivity contribution is 6.36. The molecule has 0 aliphatic carbocycles. The Kier molecular flexibility index (Phi) is 9.27. The van der Waals surface area contributed by atoms with Crippen LogP contribution in [0.5, 0.6) is 11.5 Å². The molecule has 0 saturated heterocycles. The van der Waals surface area contributed by atoms with Crippen molar-refractivity contribution in [2.75, 3.05) is 20.3 Å². The van der Waals surface area contributed by atoms with Gasteiger partial charge < -0.3 is 19.7 Å². The molecule has 0 aromatic heterocycles. The quantitative estimate of drug-likeness (QED) is 0.582. The van der Waals surface area contributed by atoms with E-state index in [1.807, 2.05) is 13.8 Å². The molecule has 1 N–H and O–H groups in total. The van der Waals surface area contributed by atoms with E-state index in [1.54, 1.807) is 49.6 Å². The maximum Gasteiger partial charge on any atom is 0.261 e. The van der Waals surface area contributed by atoms with Crippen molar-refractivity contribution in [3.8, 4) is 11.5 Å². The number of rotatable bonds is 10. The number of carbonyl (C=O) groups excluding carboxylic acids is 2. The second kappa shape index (κ2) is 11.7. The summed E-state index contributed by atoms with van der Waals surface area (Å²) in [5.41, 5.74) is 0.585. The Morgan fingerprint density at radius 3 is 2.17 bits per heavy atom. The Morgan fingerprint density at radius 1 is 1.03 bits per heavy atom. The first-order valence-corrected chi connectivity index (χ1v) is 10.4. The first-order valence-electron chi connectivity index (χ1n) is 9.68. The monoisotopic (exact) mass is 452 g/mol. The summed E-state index contributed by atoms with van der Waals surface area (Å²) in [6, 6.07) is 11.4. The first kappa shape index (κ1) is 23.8. The third kappa shape index (κ3) is 6.28. The predicted molar refractivity (Wildman–Crippen MR) is 118 cm³/mol. The van der Waals surface area contributed by atoms with E-state index in [9.17, 15) is 9.59 Å². The molecule has 2 aromatic rings. The molecule has 0 aliphatic rings. The van der Waals surface area contributed by atoms with E-state index in [1.165, 1.54) is 4.90 Å². The van der Waals surface area contributed by atoms with Gasteiger partial charge in [0.05, 0.1) is 7.11 Å². The zero-order valence-corrected chi connectivity index (χ0v) is 18.8. The highest BCUT2D eigenvalue weighted by Gasteiger charge is 2.29. The molecule has 0 radical (unpaired) electrons. The Bertz CT molecular complexity index is 838. The van der Waals surface area contributed by atoms with Gasteiger partial charge in [0.2, 0.25) is 5.91 Å². The number of benzene rings is 2. The average Bonchev–Trinajstić information content (AvgIpc) is 2.74. The Balaban J connectivity index is 2.24. The van der Waals surface area contributed by atoms with E-state index in [2.05, 4.69) is 5.32 Å². The number of carbonyl (C=O) groups is 2. The van der Waals surface area contributed by atoms with Gasteiger partial charge in [-0.05, 0) is 49.7 Å². The molecule has 30 heavy (non-hydrogen) atoms. The standard InChI is InChI=1S/C22H26Cl2N2O4/c1-4-20(22(28)25-5-2)26(13-17-18(23)7-6-8-19(17)24)21(27)14-30-16-11-9-15(29-3)10-12-16/h6-12,20H,4-5,13-14H2,1-3H3,(H,25,28)/t20-/m0/s1. The minimum Gasteiger partial charge on any atom is -0.497 e. The van der Waals surface area contributed by atoms with Crippen LogP contribution in [0.1, 0.15) is 25.8 Å². The summed E-state index contributed by atoms with van der Waals surface area (Å²) in [5.74, 6) is 0.623. The van der Waals surface area contributed by atoms with E-state index >= 15 is 0 Å². The van der Waals surface area contributed by atoms with E-state index in [-0.39, 0.29) is 25.0 Å². The lowest BCUT2D eigenvalue weighted by Crippen LogP contribution is -2.50. The molecule has 0 unspecified atom stereocenters. The van der Waals surface area contributed by atoms with Crippen LogP contribution in [0.3, 0.4) is 0 Å².